The summed E-state index contributed by atoms with van der Waals surface area (Å²) in [4.78, 5) is 28.0. The minimum absolute atomic E-state index is 0.0368. The lowest BCUT2D eigenvalue weighted by Crippen LogP contribution is -2.58. The summed E-state index contributed by atoms with van der Waals surface area (Å²) < 4.78 is 0. The molecule has 1 aromatic carbocycles. The maximum Gasteiger partial charge on any atom is 0.245 e. The first kappa shape index (κ1) is 15.5. The molecule has 0 spiro atoms. The van der Waals surface area contributed by atoms with Crippen LogP contribution >= 0.6 is 0 Å². The second kappa shape index (κ2) is 6.29. The minimum Gasteiger partial charge on any atom is -0.332 e. The fraction of sp³-hybridized carbons (Fsp3) is 0.529. The Labute approximate surface area is 126 Å². The molecule has 0 saturated carbocycles. The van der Waals surface area contributed by atoms with E-state index in [-0.39, 0.29) is 24.4 Å². The van der Waals surface area contributed by atoms with Crippen molar-refractivity contribution in [3.05, 3.63) is 34.9 Å². The van der Waals surface area contributed by atoms with Crippen molar-refractivity contribution in [3.63, 3.8) is 0 Å². The van der Waals surface area contributed by atoms with Crippen molar-refractivity contribution in [1.29, 1.82) is 0 Å². The summed E-state index contributed by atoms with van der Waals surface area (Å²) in [6.45, 7) is 9.32. The lowest BCUT2D eigenvalue weighted by atomic mass is 10.1. The molecule has 0 aromatic heterocycles. The zero-order valence-electron chi connectivity index (χ0n) is 13.3. The van der Waals surface area contributed by atoms with Gasteiger partial charge in [-0.05, 0) is 32.8 Å². The molecule has 2 amide bonds. The van der Waals surface area contributed by atoms with Crippen LogP contribution in [0.25, 0.3) is 0 Å². The number of hydrogen-bond acceptors (Lipinski definition) is 2. The zero-order chi connectivity index (χ0) is 15.6. The zero-order valence-corrected chi connectivity index (χ0v) is 13.3. The summed E-state index contributed by atoms with van der Waals surface area (Å²) in [5, 5.41) is 0. The van der Waals surface area contributed by atoms with Crippen LogP contribution in [0.1, 0.15) is 37.0 Å². The van der Waals surface area contributed by atoms with Crippen molar-refractivity contribution in [2.45, 2.75) is 46.7 Å². The van der Waals surface area contributed by atoms with E-state index in [2.05, 4.69) is 18.2 Å². The number of piperazine rings is 1. The number of nitrogens with zero attached hydrogens (tertiary/aromatic N) is 2. The van der Waals surface area contributed by atoms with E-state index in [1.165, 1.54) is 11.1 Å². The molecule has 0 bridgehead atoms. The molecular weight excluding hydrogens is 264 g/mol. The highest BCUT2D eigenvalue weighted by molar-refractivity contribution is 5.94. The van der Waals surface area contributed by atoms with Crippen LogP contribution in [0.2, 0.25) is 0 Å². The van der Waals surface area contributed by atoms with Crippen LogP contribution in [0.3, 0.4) is 0 Å². The van der Waals surface area contributed by atoms with Crippen LogP contribution in [0, 0.1) is 13.8 Å². The lowest BCUT2D eigenvalue weighted by Gasteiger charge is -2.38. The topological polar surface area (TPSA) is 40.6 Å². The van der Waals surface area contributed by atoms with Crippen LogP contribution in [0.4, 0.5) is 0 Å². The summed E-state index contributed by atoms with van der Waals surface area (Å²) in [6, 6.07) is 5.89. The Kier molecular flexibility index (Phi) is 4.66. The Bertz CT molecular complexity index is 533. The summed E-state index contributed by atoms with van der Waals surface area (Å²) in [5.74, 6) is 0.0931. The smallest absolute Gasteiger partial charge is 0.245 e. The van der Waals surface area contributed by atoms with Gasteiger partial charge in [0.1, 0.15) is 6.04 Å². The van der Waals surface area contributed by atoms with E-state index in [0.717, 1.165) is 12.0 Å². The van der Waals surface area contributed by atoms with E-state index >= 15 is 0 Å². The predicted octanol–water partition coefficient (Wildman–Crippen LogP) is 2.27. The quantitative estimate of drug-likeness (QED) is 0.853. The van der Waals surface area contributed by atoms with Gasteiger partial charge in [0.15, 0.2) is 0 Å². The molecule has 1 atom stereocenters. The van der Waals surface area contributed by atoms with E-state index in [1.807, 2.05) is 27.7 Å². The fourth-order valence-corrected chi connectivity index (χ4v) is 2.99. The molecule has 0 aliphatic carbocycles. The van der Waals surface area contributed by atoms with E-state index in [4.69, 9.17) is 0 Å². The van der Waals surface area contributed by atoms with Crippen molar-refractivity contribution in [2.75, 3.05) is 13.1 Å². The second-order valence-electron chi connectivity index (χ2n) is 5.95. The van der Waals surface area contributed by atoms with Gasteiger partial charge in [-0.3, -0.25) is 9.59 Å². The van der Waals surface area contributed by atoms with Gasteiger partial charge in [0, 0.05) is 13.1 Å². The number of hydrogen-bond donors (Lipinski definition) is 0. The molecule has 0 unspecified atom stereocenters. The van der Waals surface area contributed by atoms with Gasteiger partial charge in [0.2, 0.25) is 11.8 Å². The molecule has 21 heavy (non-hydrogen) atoms. The van der Waals surface area contributed by atoms with Gasteiger partial charge >= 0.3 is 0 Å². The second-order valence-corrected chi connectivity index (χ2v) is 5.95. The molecule has 4 nitrogen and oxygen atoms in total. The molecule has 2 rings (SSSR count). The molecule has 0 radical (unpaired) electrons. The third-order valence-corrected chi connectivity index (χ3v) is 3.91. The molecule has 1 heterocycles. The van der Waals surface area contributed by atoms with Gasteiger partial charge < -0.3 is 9.80 Å². The average molecular weight is 288 g/mol. The molecule has 1 aliphatic heterocycles. The third kappa shape index (κ3) is 3.43. The number of rotatable bonds is 4. The van der Waals surface area contributed by atoms with Crippen molar-refractivity contribution < 1.29 is 9.59 Å². The highest BCUT2D eigenvalue weighted by Gasteiger charge is 2.35. The first-order valence-electron chi connectivity index (χ1n) is 7.57. The minimum atomic E-state index is -0.376. The van der Waals surface area contributed by atoms with E-state index < -0.39 is 0 Å². The van der Waals surface area contributed by atoms with Crippen LogP contribution in [0.15, 0.2) is 18.2 Å². The van der Waals surface area contributed by atoms with Crippen molar-refractivity contribution >= 4 is 11.8 Å². The normalized spacial score (nSPS) is 19.3. The maximum absolute atomic E-state index is 12.3. The van der Waals surface area contributed by atoms with Gasteiger partial charge in [-0.2, -0.15) is 0 Å². The largest absolute Gasteiger partial charge is 0.332 e. The van der Waals surface area contributed by atoms with Gasteiger partial charge in [0.05, 0.1) is 6.54 Å². The van der Waals surface area contributed by atoms with Gasteiger partial charge in [-0.1, -0.05) is 36.2 Å². The first-order chi connectivity index (χ1) is 9.92. The van der Waals surface area contributed by atoms with Gasteiger partial charge in [-0.15, -0.1) is 0 Å². The van der Waals surface area contributed by atoms with Crippen molar-refractivity contribution in [2.24, 2.45) is 0 Å². The number of aryl methyl sites for hydroxylation is 2. The molecule has 114 valence electrons. The third-order valence-electron chi connectivity index (χ3n) is 3.91. The van der Waals surface area contributed by atoms with Crippen LogP contribution in [-0.2, 0) is 16.1 Å². The van der Waals surface area contributed by atoms with Crippen LogP contribution < -0.4 is 0 Å². The standard InChI is InChI=1S/C17H24N2O2/c1-5-6-18-11-16(20)19(14(4)17(18)21)10-15-8-12(2)7-13(3)9-15/h7-9,14H,5-6,10-11H2,1-4H3/t14-/m0/s1. The predicted molar refractivity (Wildman–Crippen MR) is 82.8 cm³/mol. The Morgan fingerprint density at radius 2 is 1.76 bits per heavy atom. The van der Waals surface area contributed by atoms with E-state index in [1.54, 1.807) is 9.80 Å². The Balaban J connectivity index is 2.16. The fourth-order valence-electron chi connectivity index (χ4n) is 2.99. The highest BCUT2D eigenvalue weighted by Crippen LogP contribution is 2.18. The first-order valence-corrected chi connectivity index (χ1v) is 7.57. The molecule has 1 fully saturated rings. The van der Waals surface area contributed by atoms with Gasteiger partial charge in [-0.25, -0.2) is 0 Å². The van der Waals surface area contributed by atoms with E-state index in [9.17, 15) is 9.59 Å². The van der Waals surface area contributed by atoms with Gasteiger partial charge in [0.25, 0.3) is 0 Å². The molecule has 1 saturated heterocycles. The Hall–Kier alpha value is -1.84. The maximum atomic E-state index is 12.3. The highest BCUT2D eigenvalue weighted by atomic mass is 16.2. The average Bonchev–Trinajstić information content (AvgIpc) is 2.40. The molecular formula is C17H24N2O2. The number of carbonyl (C=O) groups is 2. The molecule has 0 N–H and O–H groups in total. The summed E-state index contributed by atoms with van der Waals surface area (Å²) in [6.07, 6.45) is 0.878. The van der Waals surface area contributed by atoms with E-state index in [0.29, 0.717) is 13.1 Å². The molecule has 4 heteroatoms. The van der Waals surface area contributed by atoms with Crippen molar-refractivity contribution in [3.8, 4) is 0 Å². The Morgan fingerprint density at radius 1 is 1.14 bits per heavy atom. The van der Waals surface area contributed by atoms with Crippen molar-refractivity contribution in [1.82, 2.24) is 9.80 Å². The molecule has 1 aromatic rings. The number of amides is 2. The van der Waals surface area contributed by atoms with Crippen LogP contribution in [-0.4, -0.2) is 40.7 Å². The lowest BCUT2D eigenvalue weighted by molar-refractivity contribution is -0.155. The Morgan fingerprint density at radius 3 is 2.33 bits per heavy atom. The van der Waals surface area contributed by atoms with Crippen LogP contribution in [0.5, 0.6) is 0 Å². The summed E-state index contributed by atoms with van der Waals surface area (Å²) in [7, 11) is 0. The summed E-state index contributed by atoms with van der Waals surface area (Å²) >= 11 is 0. The number of benzene rings is 1. The molecule has 1 aliphatic rings. The summed E-state index contributed by atoms with van der Waals surface area (Å²) in [5.41, 5.74) is 3.45. The monoisotopic (exact) mass is 288 g/mol. The SMILES string of the molecule is CCCN1CC(=O)N(Cc2cc(C)cc(C)c2)[C@@H](C)C1=O. The number of carbonyl (C=O) groups excluding carboxylic acids is 2.